The molecule has 110 valence electrons. The molecular weight excluding hydrogens is 262 g/mol. The van der Waals surface area contributed by atoms with Crippen LogP contribution in [0.2, 0.25) is 0 Å². The van der Waals surface area contributed by atoms with Gasteiger partial charge in [-0.1, -0.05) is 60.7 Å². The van der Waals surface area contributed by atoms with E-state index >= 15 is 0 Å². The quantitative estimate of drug-likeness (QED) is 0.792. The summed E-state index contributed by atoms with van der Waals surface area (Å²) in [6.45, 7) is 3.09. The standard InChI is InChI=1S/C18H21NO2/c1-15(19-13-16-8-4-2-5-9-16)12-18(20)21-14-17-10-6-3-7-11-17/h2-11,15,19H,12-14H2,1H3. The van der Waals surface area contributed by atoms with Crippen LogP contribution in [0, 0.1) is 0 Å². The molecule has 0 saturated heterocycles. The Labute approximate surface area is 126 Å². The molecule has 0 aromatic heterocycles. The molecule has 3 nitrogen and oxygen atoms in total. The second-order valence-electron chi connectivity index (χ2n) is 5.12. The summed E-state index contributed by atoms with van der Waals surface area (Å²) in [4.78, 5) is 11.8. The Balaban J connectivity index is 1.67. The van der Waals surface area contributed by atoms with Crippen molar-refractivity contribution in [2.24, 2.45) is 0 Å². The van der Waals surface area contributed by atoms with Gasteiger partial charge in [-0.05, 0) is 18.1 Å². The predicted molar refractivity (Wildman–Crippen MR) is 83.6 cm³/mol. The molecule has 0 heterocycles. The first-order chi connectivity index (χ1) is 10.2. The monoisotopic (exact) mass is 283 g/mol. The number of carbonyl (C=O) groups is 1. The van der Waals surface area contributed by atoms with Gasteiger partial charge in [-0.15, -0.1) is 0 Å². The highest BCUT2D eigenvalue weighted by atomic mass is 16.5. The Kier molecular flexibility index (Phi) is 5.98. The van der Waals surface area contributed by atoms with Crippen molar-refractivity contribution in [3.8, 4) is 0 Å². The molecule has 3 heteroatoms. The Bertz CT molecular complexity index is 540. The average Bonchev–Trinajstić information content (AvgIpc) is 2.53. The van der Waals surface area contributed by atoms with E-state index in [1.54, 1.807) is 0 Å². The van der Waals surface area contributed by atoms with Crippen molar-refractivity contribution in [2.45, 2.75) is 32.5 Å². The minimum atomic E-state index is -0.174. The van der Waals surface area contributed by atoms with Crippen molar-refractivity contribution < 1.29 is 9.53 Å². The van der Waals surface area contributed by atoms with E-state index in [0.717, 1.165) is 12.1 Å². The maximum absolute atomic E-state index is 11.8. The van der Waals surface area contributed by atoms with Crippen LogP contribution in [0.4, 0.5) is 0 Å². The first-order valence-electron chi connectivity index (χ1n) is 7.21. The second kappa shape index (κ2) is 8.22. The van der Waals surface area contributed by atoms with Crippen molar-refractivity contribution in [2.75, 3.05) is 0 Å². The van der Waals surface area contributed by atoms with Gasteiger partial charge in [0, 0.05) is 12.6 Å². The van der Waals surface area contributed by atoms with E-state index in [0.29, 0.717) is 13.0 Å². The van der Waals surface area contributed by atoms with E-state index in [1.165, 1.54) is 5.56 Å². The summed E-state index contributed by atoms with van der Waals surface area (Å²) in [6, 6.07) is 19.9. The maximum Gasteiger partial charge on any atom is 0.307 e. The minimum absolute atomic E-state index is 0.0912. The van der Waals surface area contributed by atoms with Gasteiger partial charge in [-0.25, -0.2) is 0 Å². The Morgan fingerprint density at radius 2 is 1.57 bits per heavy atom. The van der Waals surface area contributed by atoms with Crippen LogP contribution in [-0.2, 0) is 22.7 Å². The number of benzene rings is 2. The maximum atomic E-state index is 11.8. The van der Waals surface area contributed by atoms with Crippen LogP contribution in [0.15, 0.2) is 60.7 Å². The lowest BCUT2D eigenvalue weighted by molar-refractivity contribution is -0.145. The van der Waals surface area contributed by atoms with E-state index in [2.05, 4.69) is 17.4 Å². The smallest absolute Gasteiger partial charge is 0.307 e. The number of esters is 1. The fourth-order valence-electron chi connectivity index (χ4n) is 2.01. The van der Waals surface area contributed by atoms with Gasteiger partial charge in [0.15, 0.2) is 0 Å². The zero-order valence-electron chi connectivity index (χ0n) is 12.3. The predicted octanol–water partition coefficient (Wildman–Crippen LogP) is 3.30. The highest BCUT2D eigenvalue weighted by Crippen LogP contribution is 2.04. The highest BCUT2D eigenvalue weighted by Gasteiger charge is 2.10. The minimum Gasteiger partial charge on any atom is -0.461 e. The lowest BCUT2D eigenvalue weighted by Gasteiger charge is -2.13. The molecule has 21 heavy (non-hydrogen) atoms. The van der Waals surface area contributed by atoms with Crippen molar-refractivity contribution in [1.29, 1.82) is 0 Å². The number of nitrogens with one attached hydrogen (secondary N) is 1. The molecule has 0 bridgehead atoms. The van der Waals surface area contributed by atoms with Gasteiger partial charge in [0.05, 0.1) is 6.42 Å². The Morgan fingerprint density at radius 3 is 2.19 bits per heavy atom. The lowest BCUT2D eigenvalue weighted by Crippen LogP contribution is -2.28. The zero-order chi connectivity index (χ0) is 14.9. The molecule has 2 rings (SSSR count). The van der Waals surface area contributed by atoms with Crippen LogP contribution in [0.3, 0.4) is 0 Å². The third-order valence-corrected chi connectivity index (χ3v) is 3.21. The lowest BCUT2D eigenvalue weighted by atomic mass is 10.2. The number of hydrogen-bond donors (Lipinski definition) is 1. The van der Waals surface area contributed by atoms with Gasteiger partial charge in [0.1, 0.15) is 6.61 Å². The van der Waals surface area contributed by atoms with Crippen molar-refractivity contribution in [1.82, 2.24) is 5.32 Å². The normalized spacial score (nSPS) is 11.9. The molecule has 0 aliphatic rings. The van der Waals surface area contributed by atoms with E-state index in [1.807, 2.05) is 55.5 Å². The van der Waals surface area contributed by atoms with Gasteiger partial charge < -0.3 is 10.1 Å². The van der Waals surface area contributed by atoms with Crippen LogP contribution in [0.25, 0.3) is 0 Å². The molecule has 0 amide bonds. The largest absolute Gasteiger partial charge is 0.461 e. The number of hydrogen-bond acceptors (Lipinski definition) is 3. The van der Waals surface area contributed by atoms with E-state index < -0.39 is 0 Å². The van der Waals surface area contributed by atoms with Gasteiger partial charge in [0.25, 0.3) is 0 Å². The highest BCUT2D eigenvalue weighted by molar-refractivity contribution is 5.70. The summed E-state index contributed by atoms with van der Waals surface area (Å²) < 4.78 is 5.27. The topological polar surface area (TPSA) is 38.3 Å². The summed E-state index contributed by atoms with van der Waals surface area (Å²) in [5.74, 6) is -0.174. The fraction of sp³-hybridized carbons (Fsp3) is 0.278. The summed E-state index contributed by atoms with van der Waals surface area (Å²) in [6.07, 6.45) is 0.375. The van der Waals surface area contributed by atoms with Gasteiger partial charge in [-0.3, -0.25) is 4.79 Å². The van der Waals surface area contributed by atoms with Crippen LogP contribution in [-0.4, -0.2) is 12.0 Å². The van der Waals surface area contributed by atoms with Crippen LogP contribution in [0.1, 0.15) is 24.5 Å². The zero-order valence-corrected chi connectivity index (χ0v) is 12.3. The number of carbonyl (C=O) groups excluding carboxylic acids is 1. The van der Waals surface area contributed by atoms with Gasteiger partial charge in [0.2, 0.25) is 0 Å². The third-order valence-electron chi connectivity index (χ3n) is 3.21. The van der Waals surface area contributed by atoms with Crippen molar-refractivity contribution in [3.05, 3.63) is 71.8 Å². The van der Waals surface area contributed by atoms with Crippen molar-refractivity contribution in [3.63, 3.8) is 0 Å². The van der Waals surface area contributed by atoms with E-state index in [9.17, 15) is 4.79 Å². The Morgan fingerprint density at radius 1 is 1.00 bits per heavy atom. The molecule has 2 aromatic carbocycles. The average molecular weight is 283 g/mol. The molecule has 1 N–H and O–H groups in total. The van der Waals surface area contributed by atoms with Crippen LogP contribution < -0.4 is 5.32 Å². The van der Waals surface area contributed by atoms with E-state index in [-0.39, 0.29) is 12.0 Å². The molecule has 0 aliphatic heterocycles. The third kappa shape index (κ3) is 5.79. The second-order valence-corrected chi connectivity index (χ2v) is 5.12. The van der Waals surface area contributed by atoms with Crippen LogP contribution in [0.5, 0.6) is 0 Å². The Hall–Kier alpha value is -2.13. The molecule has 0 radical (unpaired) electrons. The van der Waals surface area contributed by atoms with Crippen molar-refractivity contribution >= 4 is 5.97 Å². The first kappa shape index (κ1) is 15.3. The molecule has 1 unspecified atom stereocenters. The van der Waals surface area contributed by atoms with Gasteiger partial charge in [-0.2, -0.15) is 0 Å². The van der Waals surface area contributed by atoms with E-state index in [4.69, 9.17) is 4.74 Å². The number of ether oxygens (including phenoxy) is 1. The number of rotatable bonds is 7. The SMILES string of the molecule is CC(CC(=O)OCc1ccccc1)NCc1ccccc1. The van der Waals surface area contributed by atoms with Gasteiger partial charge >= 0.3 is 5.97 Å². The summed E-state index contributed by atoms with van der Waals surface area (Å²) in [5, 5.41) is 3.33. The fourth-order valence-corrected chi connectivity index (χ4v) is 2.01. The summed E-state index contributed by atoms with van der Waals surface area (Å²) in [7, 11) is 0. The summed E-state index contributed by atoms with van der Waals surface area (Å²) >= 11 is 0. The molecular formula is C18H21NO2. The molecule has 0 spiro atoms. The first-order valence-corrected chi connectivity index (χ1v) is 7.21. The molecule has 1 atom stereocenters. The molecule has 0 saturated carbocycles. The van der Waals surface area contributed by atoms with Crippen LogP contribution >= 0.6 is 0 Å². The molecule has 0 fully saturated rings. The molecule has 2 aromatic rings. The molecule has 0 aliphatic carbocycles. The summed E-state index contributed by atoms with van der Waals surface area (Å²) in [5.41, 5.74) is 2.22.